The van der Waals surface area contributed by atoms with Gasteiger partial charge in [0.15, 0.2) is 11.5 Å². The Bertz CT molecular complexity index is 537. The summed E-state index contributed by atoms with van der Waals surface area (Å²) >= 11 is 0. The van der Waals surface area contributed by atoms with Crippen LogP contribution in [0.2, 0.25) is 0 Å². The minimum Gasteiger partial charge on any atom is -0.493 e. The zero-order valence-electron chi connectivity index (χ0n) is 15.6. The van der Waals surface area contributed by atoms with Gasteiger partial charge in [-0.1, -0.05) is 13.0 Å². The van der Waals surface area contributed by atoms with Crippen LogP contribution in [-0.4, -0.2) is 56.0 Å². The molecule has 0 spiro atoms. The summed E-state index contributed by atoms with van der Waals surface area (Å²) in [4.78, 5) is 2.33. The molecule has 136 valence electrons. The topological polar surface area (TPSA) is 54.0 Å². The van der Waals surface area contributed by atoms with Crippen molar-refractivity contribution in [2.24, 2.45) is 5.92 Å². The zero-order valence-corrected chi connectivity index (χ0v) is 15.6. The van der Waals surface area contributed by atoms with E-state index in [1.807, 2.05) is 18.2 Å². The second-order valence-electron chi connectivity index (χ2n) is 7.11. The van der Waals surface area contributed by atoms with Crippen LogP contribution >= 0.6 is 0 Å². The minimum absolute atomic E-state index is 0.293. The first-order chi connectivity index (χ1) is 11.4. The van der Waals surface area contributed by atoms with Gasteiger partial charge < -0.3 is 24.8 Å². The van der Waals surface area contributed by atoms with Crippen LogP contribution in [-0.2, 0) is 6.54 Å². The summed E-state index contributed by atoms with van der Waals surface area (Å²) in [5.74, 6) is 1.78. The maximum absolute atomic E-state index is 11.0. The molecule has 3 atom stereocenters. The van der Waals surface area contributed by atoms with Crippen molar-refractivity contribution in [3.63, 3.8) is 0 Å². The van der Waals surface area contributed by atoms with Gasteiger partial charge in [0.05, 0.1) is 19.8 Å². The van der Waals surface area contributed by atoms with E-state index < -0.39 is 5.60 Å². The Balaban J connectivity index is 1.84. The van der Waals surface area contributed by atoms with Gasteiger partial charge in [-0.25, -0.2) is 0 Å². The van der Waals surface area contributed by atoms with Crippen molar-refractivity contribution in [2.75, 3.05) is 34.4 Å². The van der Waals surface area contributed by atoms with E-state index in [9.17, 15) is 5.11 Å². The average molecular weight is 336 g/mol. The van der Waals surface area contributed by atoms with Gasteiger partial charge in [0.2, 0.25) is 0 Å². The standard InChI is InChI=1S/C19H32N2O3/c1-14-13-21(3)15(2)11-19(14,22)8-9-20-12-16-6-7-17(23-4)18(10-16)24-5/h6-7,10,14-15,20,22H,8-9,11-13H2,1-5H3/t14-,15+,19-/m1/s1. The fraction of sp³-hybridized carbons (Fsp3) is 0.684. The molecule has 1 aromatic rings. The highest BCUT2D eigenvalue weighted by atomic mass is 16.5. The van der Waals surface area contributed by atoms with Crippen molar-refractivity contribution in [1.82, 2.24) is 10.2 Å². The quantitative estimate of drug-likeness (QED) is 0.748. The number of aliphatic hydroxyl groups is 1. The van der Waals surface area contributed by atoms with Crippen LogP contribution in [0.4, 0.5) is 0 Å². The minimum atomic E-state index is -0.573. The van der Waals surface area contributed by atoms with E-state index in [2.05, 4.69) is 31.1 Å². The number of nitrogens with one attached hydrogen (secondary N) is 1. The first kappa shape index (κ1) is 19.0. The van der Waals surface area contributed by atoms with E-state index in [1.54, 1.807) is 14.2 Å². The normalized spacial score (nSPS) is 27.9. The molecule has 5 heteroatoms. The van der Waals surface area contributed by atoms with Gasteiger partial charge in [0.25, 0.3) is 0 Å². The number of ether oxygens (including phenoxy) is 2. The highest BCUT2D eigenvalue weighted by molar-refractivity contribution is 5.42. The molecule has 1 aliphatic rings. The maximum atomic E-state index is 11.0. The zero-order chi connectivity index (χ0) is 17.7. The number of likely N-dealkylation sites (tertiary alicyclic amines) is 1. The van der Waals surface area contributed by atoms with Crippen LogP contribution in [0.15, 0.2) is 18.2 Å². The summed E-state index contributed by atoms with van der Waals surface area (Å²) in [6, 6.07) is 6.37. The van der Waals surface area contributed by atoms with Crippen LogP contribution < -0.4 is 14.8 Å². The van der Waals surface area contributed by atoms with Gasteiger partial charge in [-0.3, -0.25) is 0 Å². The Labute approximate surface area is 146 Å². The van der Waals surface area contributed by atoms with Crippen molar-refractivity contribution in [2.45, 2.75) is 44.9 Å². The fourth-order valence-electron chi connectivity index (χ4n) is 3.53. The van der Waals surface area contributed by atoms with E-state index in [4.69, 9.17) is 9.47 Å². The van der Waals surface area contributed by atoms with E-state index in [0.717, 1.165) is 49.5 Å². The lowest BCUT2D eigenvalue weighted by Crippen LogP contribution is -2.54. The molecule has 1 fully saturated rings. The van der Waals surface area contributed by atoms with Gasteiger partial charge in [-0.2, -0.15) is 0 Å². The Morgan fingerprint density at radius 2 is 1.96 bits per heavy atom. The molecular weight excluding hydrogens is 304 g/mol. The number of rotatable bonds is 7. The molecule has 2 N–H and O–H groups in total. The highest BCUT2D eigenvalue weighted by Crippen LogP contribution is 2.33. The predicted octanol–water partition coefficient (Wildman–Crippen LogP) is 2.27. The van der Waals surface area contributed by atoms with E-state index >= 15 is 0 Å². The summed E-state index contributed by atoms with van der Waals surface area (Å²) in [5.41, 5.74) is 0.570. The summed E-state index contributed by atoms with van der Waals surface area (Å²) in [7, 11) is 5.42. The van der Waals surface area contributed by atoms with Crippen molar-refractivity contribution in [3.05, 3.63) is 23.8 Å². The Morgan fingerprint density at radius 1 is 1.25 bits per heavy atom. The molecule has 24 heavy (non-hydrogen) atoms. The van der Waals surface area contributed by atoms with Gasteiger partial charge >= 0.3 is 0 Å². The Morgan fingerprint density at radius 3 is 2.62 bits per heavy atom. The molecular formula is C19H32N2O3. The van der Waals surface area contributed by atoms with Gasteiger partial charge in [-0.15, -0.1) is 0 Å². The number of hydrogen-bond donors (Lipinski definition) is 2. The van der Waals surface area contributed by atoms with Gasteiger partial charge in [0, 0.05) is 19.1 Å². The number of piperidine rings is 1. The molecule has 0 amide bonds. The molecule has 0 bridgehead atoms. The lowest BCUT2D eigenvalue weighted by molar-refractivity contribution is -0.0831. The lowest BCUT2D eigenvalue weighted by atomic mass is 9.77. The molecule has 1 aliphatic heterocycles. The van der Waals surface area contributed by atoms with Crippen molar-refractivity contribution in [1.29, 1.82) is 0 Å². The first-order valence-electron chi connectivity index (χ1n) is 8.74. The number of benzene rings is 1. The average Bonchev–Trinajstić information content (AvgIpc) is 2.57. The summed E-state index contributed by atoms with van der Waals surface area (Å²) < 4.78 is 10.6. The van der Waals surface area contributed by atoms with Crippen molar-refractivity contribution >= 4 is 0 Å². The number of methoxy groups -OCH3 is 2. The largest absolute Gasteiger partial charge is 0.493 e. The summed E-state index contributed by atoms with van der Waals surface area (Å²) in [6.07, 6.45) is 1.61. The van der Waals surface area contributed by atoms with Gasteiger partial charge in [-0.05, 0) is 57.0 Å². The van der Waals surface area contributed by atoms with Crippen LogP contribution in [0.5, 0.6) is 11.5 Å². The Hall–Kier alpha value is -1.30. The van der Waals surface area contributed by atoms with Crippen LogP contribution in [0.3, 0.4) is 0 Å². The van der Waals surface area contributed by atoms with E-state index in [0.29, 0.717) is 12.0 Å². The molecule has 5 nitrogen and oxygen atoms in total. The lowest BCUT2D eigenvalue weighted by Gasteiger charge is -2.46. The molecule has 0 aromatic heterocycles. The third-order valence-electron chi connectivity index (χ3n) is 5.39. The second-order valence-corrected chi connectivity index (χ2v) is 7.11. The van der Waals surface area contributed by atoms with Crippen LogP contribution in [0.25, 0.3) is 0 Å². The SMILES string of the molecule is COc1ccc(CNCC[C@@]2(O)C[C@H](C)N(C)C[C@H]2C)cc1OC. The monoisotopic (exact) mass is 336 g/mol. The van der Waals surface area contributed by atoms with E-state index in [-0.39, 0.29) is 0 Å². The van der Waals surface area contributed by atoms with Crippen LogP contribution in [0.1, 0.15) is 32.3 Å². The van der Waals surface area contributed by atoms with E-state index in [1.165, 1.54) is 0 Å². The van der Waals surface area contributed by atoms with Gasteiger partial charge in [0.1, 0.15) is 0 Å². The van der Waals surface area contributed by atoms with Crippen molar-refractivity contribution in [3.8, 4) is 11.5 Å². The molecule has 1 saturated heterocycles. The van der Waals surface area contributed by atoms with Crippen LogP contribution in [0, 0.1) is 5.92 Å². The smallest absolute Gasteiger partial charge is 0.161 e. The highest BCUT2D eigenvalue weighted by Gasteiger charge is 2.40. The first-order valence-corrected chi connectivity index (χ1v) is 8.74. The summed E-state index contributed by atoms with van der Waals surface area (Å²) in [6.45, 7) is 6.84. The third-order valence-corrected chi connectivity index (χ3v) is 5.39. The molecule has 0 aliphatic carbocycles. The molecule has 1 heterocycles. The molecule has 2 rings (SSSR count). The molecule has 0 radical (unpaired) electrons. The third kappa shape index (κ3) is 4.41. The number of nitrogens with zero attached hydrogens (tertiary/aromatic N) is 1. The number of hydrogen-bond acceptors (Lipinski definition) is 5. The molecule has 0 saturated carbocycles. The molecule has 1 aromatic carbocycles. The predicted molar refractivity (Wildman–Crippen MR) is 96.7 cm³/mol. The second kappa shape index (κ2) is 8.19. The van der Waals surface area contributed by atoms with Crippen molar-refractivity contribution < 1.29 is 14.6 Å². The molecule has 0 unspecified atom stereocenters. The summed E-state index contributed by atoms with van der Waals surface area (Å²) in [5, 5.41) is 14.4. The Kier molecular flexibility index (Phi) is 6.49. The fourth-order valence-corrected chi connectivity index (χ4v) is 3.53. The maximum Gasteiger partial charge on any atom is 0.161 e.